The number of nitrogens with zero attached hydrogens (tertiary/aromatic N) is 6. The molecule has 138 valence electrons. The van der Waals surface area contributed by atoms with Crippen LogP contribution >= 0.6 is 11.3 Å². The largest absolute Gasteiger partial charge is 0.361 e. The lowest BCUT2D eigenvalue weighted by Crippen LogP contribution is -2.50. The molecule has 1 aliphatic rings. The van der Waals surface area contributed by atoms with Crippen LogP contribution in [0.2, 0.25) is 0 Å². The zero-order chi connectivity index (χ0) is 18.5. The van der Waals surface area contributed by atoms with Gasteiger partial charge in [0.15, 0.2) is 16.6 Å². The highest BCUT2D eigenvalue weighted by Crippen LogP contribution is 2.26. The molecule has 3 aromatic rings. The lowest BCUT2D eigenvalue weighted by Gasteiger charge is -2.40. The number of nitrogens with one attached hydrogen (secondary N) is 1. The molecule has 1 N–H and O–H groups in total. The van der Waals surface area contributed by atoms with E-state index in [1.807, 2.05) is 16.6 Å². The Kier molecular flexibility index (Phi) is 4.10. The molecule has 0 saturated carbocycles. The molecule has 1 fully saturated rings. The third-order valence-electron chi connectivity index (χ3n) is 4.77. The topological polar surface area (TPSA) is 71.2 Å². The van der Waals surface area contributed by atoms with Gasteiger partial charge in [0.2, 0.25) is 0 Å². The quantitative estimate of drug-likeness (QED) is 0.760. The summed E-state index contributed by atoms with van der Waals surface area (Å²) in [7, 11) is 0. The molecule has 1 aliphatic heterocycles. The van der Waals surface area contributed by atoms with Crippen LogP contribution in [0.25, 0.3) is 5.65 Å². The van der Waals surface area contributed by atoms with Crippen molar-refractivity contribution in [3.8, 4) is 0 Å². The van der Waals surface area contributed by atoms with Crippen LogP contribution in [0, 0.1) is 19.8 Å². The molecule has 0 spiro atoms. The molecule has 0 amide bonds. The van der Waals surface area contributed by atoms with Crippen LogP contribution in [0.3, 0.4) is 0 Å². The molecule has 0 radical (unpaired) electrons. The third-order valence-corrected chi connectivity index (χ3v) is 5.80. The highest BCUT2D eigenvalue weighted by atomic mass is 32.1. The lowest BCUT2D eigenvalue weighted by molar-refractivity contribution is 0.424. The van der Waals surface area contributed by atoms with Gasteiger partial charge in [-0.2, -0.15) is 4.52 Å². The molecule has 0 atom stereocenters. The van der Waals surface area contributed by atoms with E-state index >= 15 is 0 Å². The van der Waals surface area contributed by atoms with Crippen molar-refractivity contribution in [3.63, 3.8) is 0 Å². The van der Waals surface area contributed by atoms with Crippen molar-refractivity contribution >= 4 is 27.9 Å². The van der Waals surface area contributed by atoms with Crippen LogP contribution < -0.4 is 10.2 Å². The smallest absolute Gasteiger partial charge is 0.183 e. The van der Waals surface area contributed by atoms with Gasteiger partial charge in [-0.1, -0.05) is 20.8 Å². The van der Waals surface area contributed by atoms with Crippen molar-refractivity contribution in [2.75, 3.05) is 29.9 Å². The Hall–Kier alpha value is -2.22. The first kappa shape index (κ1) is 17.2. The number of fused-ring (bicyclic) bond motifs is 1. The maximum Gasteiger partial charge on any atom is 0.183 e. The molecule has 1 saturated heterocycles. The second-order valence-corrected chi connectivity index (χ2v) is 9.25. The van der Waals surface area contributed by atoms with Crippen LogP contribution in [-0.2, 0) is 5.41 Å². The van der Waals surface area contributed by atoms with E-state index in [2.05, 4.69) is 60.0 Å². The number of thiazole rings is 1. The number of aryl methyl sites for hydroxylation is 2. The summed E-state index contributed by atoms with van der Waals surface area (Å²) >= 11 is 1.73. The standard InChI is InChI=1S/C18H25N7S/c1-11-12(2)26-17(20-11)19-8-13-9-24(10-13)15-7-6-14-21-22-16(18(3,4)5)25(14)23-15/h6-7,13H,8-10H2,1-5H3,(H,19,20). The van der Waals surface area contributed by atoms with E-state index in [1.165, 1.54) is 4.88 Å². The van der Waals surface area contributed by atoms with Gasteiger partial charge in [-0.15, -0.1) is 26.6 Å². The molecule has 26 heavy (non-hydrogen) atoms. The van der Waals surface area contributed by atoms with E-state index in [1.54, 1.807) is 11.3 Å². The van der Waals surface area contributed by atoms with Crippen molar-refractivity contribution in [2.24, 2.45) is 5.92 Å². The zero-order valence-electron chi connectivity index (χ0n) is 15.9. The Labute approximate surface area is 157 Å². The molecule has 8 heteroatoms. The van der Waals surface area contributed by atoms with Crippen LogP contribution in [-0.4, -0.2) is 44.4 Å². The first-order valence-electron chi connectivity index (χ1n) is 8.97. The second kappa shape index (κ2) is 6.19. The third kappa shape index (κ3) is 3.13. The van der Waals surface area contributed by atoms with Gasteiger partial charge in [0, 0.05) is 35.8 Å². The highest BCUT2D eigenvalue weighted by Gasteiger charge is 2.29. The Balaban J connectivity index is 1.40. The molecule has 0 aromatic carbocycles. The van der Waals surface area contributed by atoms with Crippen molar-refractivity contribution in [2.45, 2.75) is 40.0 Å². The number of rotatable bonds is 4. The average Bonchev–Trinajstić information content (AvgIpc) is 3.08. The molecule has 7 nitrogen and oxygen atoms in total. The first-order chi connectivity index (χ1) is 12.3. The number of anilines is 2. The van der Waals surface area contributed by atoms with Gasteiger partial charge < -0.3 is 10.2 Å². The van der Waals surface area contributed by atoms with Gasteiger partial charge in [0.05, 0.1) is 5.69 Å². The van der Waals surface area contributed by atoms with E-state index in [0.29, 0.717) is 5.92 Å². The van der Waals surface area contributed by atoms with Crippen LogP contribution in [0.5, 0.6) is 0 Å². The zero-order valence-corrected chi connectivity index (χ0v) is 16.8. The fourth-order valence-electron chi connectivity index (χ4n) is 3.08. The van der Waals surface area contributed by atoms with Crippen molar-refractivity contribution in [1.29, 1.82) is 0 Å². The molecular weight excluding hydrogens is 346 g/mol. The van der Waals surface area contributed by atoms with Crippen LogP contribution in [0.15, 0.2) is 12.1 Å². The van der Waals surface area contributed by atoms with E-state index in [9.17, 15) is 0 Å². The predicted molar refractivity (Wildman–Crippen MR) is 105 cm³/mol. The summed E-state index contributed by atoms with van der Waals surface area (Å²) in [5.74, 6) is 2.49. The maximum absolute atomic E-state index is 4.78. The molecule has 4 heterocycles. The summed E-state index contributed by atoms with van der Waals surface area (Å²) < 4.78 is 1.88. The summed E-state index contributed by atoms with van der Waals surface area (Å²) in [6.07, 6.45) is 0. The Morgan fingerprint density at radius 2 is 1.96 bits per heavy atom. The fourth-order valence-corrected chi connectivity index (χ4v) is 3.90. The first-order valence-corrected chi connectivity index (χ1v) is 9.79. The van der Waals surface area contributed by atoms with Gasteiger partial charge in [-0.3, -0.25) is 0 Å². The van der Waals surface area contributed by atoms with E-state index < -0.39 is 0 Å². The van der Waals surface area contributed by atoms with Gasteiger partial charge in [0.1, 0.15) is 5.82 Å². The second-order valence-electron chi connectivity index (χ2n) is 8.05. The molecule has 0 unspecified atom stereocenters. The van der Waals surface area contributed by atoms with Gasteiger partial charge in [-0.25, -0.2) is 4.98 Å². The monoisotopic (exact) mass is 371 g/mol. The molecule has 4 rings (SSSR count). The maximum atomic E-state index is 4.78. The van der Waals surface area contributed by atoms with Crippen molar-refractivity contribution < 1.29 is 0 Å². The summed E-state index contributed by atoms with van der Waals surface area (Å²) in [5, 5.41) is 17.8. The molecule has 0 bridgehead atoms. The van der Waals surface area contributed by atoms with Crippen molar-refractivity contribution in [1.82, 2.24) is 24.8 Å². The van der Waals surface area contributed by atoms with E-state index in [0.717, 1.165) is 47.7 Å². The number of hydrogen-bond donors (Lipinski definition) is 1. The summed E-state index contributed by atoms with van der Waals surface area (Å²) in [5.41, 5.74) is 1.83. The normalized spacial score (nSPS) is 15.5. The average molecular weight is 372 g/mol. The van der Waals surface area contributed by atoms with Gasteiger partial charge >= 0.3 is 0 Å². The lowest BCUT2D eigenvalue weighted by atomic mass is 9.96. The van der Waals surface area contributed by atoms with Gasteiger partial charge in [-0.05, 0) is 26.0 Å². The Morgan fingerprint density at radius 3 is 2.62 bits per heavy atom. The van der Waals surface area contributed by atoms with Crippen LogP contribution in [0.1, 0.15) is 37.2 Å². The Morgan fingerprint density at radius 1 is 1.19 bits per heavy atom. The fraction of sp³-hybridized carbons (Fsp3) is 0.556. The SMILES string of the molecule is Cc1nc(NCC2CN(c3ccc4nnc(C(C)(C)C)n4n3)C2)sc1C. The summed E-state index contributed by atoms with van der Waals surface area (Å²) in [4.78, 5) is 8.13. The highest BCUT2D eigenvalue weighted by molar-refractivity contribution is 7.15. The van der Waals surface area contributed by atoms with E-state index in [4.69, 9.17) is 5.10 Å². The van der Waals surface area contributed by atoms with Crippen molar-refractivity contribution in [3.05, 3.63) is 28.5 Å². The minimum atomic E-state index is -0.0869. The van der Waals surface area contributed by atoms with E-state index in [-0.39, 0.29) is 5.41 Å². The molecular formula is C18H25N7S. The number of hydrogen-bond acceptors (Lipinski definition) is 7. The Bertz CT molecular complexity index is 911. The summed E-state index contributed by atoms with van der Waals surface area (Å²) in [6, 6.07) is 4.03. The molecule has 3 aromatic heterocycles. The summed E-state index contributed by atoms with van der Waals surface area (Å²) in [6.45, 7) is 13.5. The van der Waals surface area contributed by atoms with Crippen LogP contribution in [0.4, 0.5) is 10.9 Å². The number of aromatic nitrogens is 5. The molecule has 0 aliphatic carbocycles. The predicted octanol–water partition coefficient (Wildman–Crippen LogP) is 3.04. The van der Waals surface area contributed by atoms with Gasteiger partial charge in [0.25, 0.3) is 0 Å². The minimum absolute atomic E-state index is 0.0869. The minimum Gasteiger partial charge on any atom is -0.361 e.